The zero-order valence-electron chi connectivity index (χ0n) is 22.5. The summed E-state index contributed by atoms with van der Waals surface area (Å²) in [6.07, 6.45) is 2.84. The first-order valence-electron chi connectivity index (χ1n) is 12.7. The molecule has 1 atom stereocenters. The van der Waals surface area contributed by atoms with Crippen LogP contribution in [0.5, 0.6) is 11.5 Å². The first-order valence-corrected chi connectivity index (χ1v) is 12.7. The predicted octanol–water partition coefficient (Wildman–Crippen LogP) is 2.93. The quantitative estimate of drug-likeness (QED) is 0.336. The molecular formula is C28H33FN6O4. The molecule has 11 heteroatoms. The maximum atomic E-state index is 13.4. The van der Waals surface area contributed by atoms with E-state index in [4.69, 9.17) is 4.74 Å². The highest BCUT2D eigenvalue weighted by molar-refractivity contribution is 5.95. The maximum absolute atomic E-state index is 13.4. The van der Waals surface area contributed by atoms with Crippen molar-refractivity contribution in [1.82, 2.24) is 20.1 Å². The lowest BCUT2D eigenvalue weighted by Gasteiger charge is -2.48. The number of benzene rings is 1. The molecule has 0 radical (unpaired) electrons. The van der Waals surface area contributed by atoms with Crippen LogP contribution in [0.25, 0.3) is 0 Å². The predicted molar refractivity (Wildman–Crippen MR) is 144 cm³/mol. The van der Waals surface area contributed by atoms with Gasteiger partial charge in [-0.05, 0) is 64.2 Å². The Kier molecular flexibility index (Phi) is 8.41. The molecule has 2 aromatic heterocycles. The fraction of sp³-hybridized carbons (Fsp3) is 0.357. The fourth-order valence-corrected chi connectivity index (χ4v) is 4.58. The molecule has 0 bridgehead atoms. The third-order valence-electron chi connectivity index (χ3n) is 6.74. The summed E-state index contributed by atoms with van der Waals surface area (Å²) in [7, 11) is 1.74. The second kappa shape index (κ2) is 11.7. The van der Waals surface area contributed by atoms with E-state index in [9.17, 15) is 19.2 Å². The average molecular weight is 537 g/mol. The molecule has 1 fully saturated rings. The van der Waals surface area contributed by atoms with Crippen LogP contribution in [0.1, 0.15) is 36.8 Å². The number of rotatable bonds is 8. The fourth-order valence-electron chi connectivity index (χ4n) is 4.58. The summed E-state index contributed by atoms with van der Waals surface area (Å²) in [5, 5.41) is 17.8. The molecule has 0 saturated carbocycles. The molecule has 39 heavy (non-hydrogen) atoms. The molecule has 1 aromatic carbocycles. The Bertz CT molecular complexity index is 1320. The van der Waals surface area contributed by atoms with Crippen molar-refractivity contribution in [1.29, 1.82) is 0 Å². The number of carbonyl (C=O) groups excluding carboxylic acids is 2. The van der Waals surface area contributed by atoms with Gasteiger partial charge in [0.25, 0.3) is 5.91 Å². The van der Waals surface area contributed by atoms with E-state index >= 15 is 0 Å². The molecule has 2 amide bonds. The lowest BCUT2D eigenvalue weighted by Crippen LogP contribution is -2.63. The van der Waals surface area contributed by atoms with Crippen LogP contribution in [0.2, 0.25) is 0 Å². The van der Waals surface area contributed by atoms with Crippen molar-refractivity contribution in [3.63, 3.8) is 0 Å². The molecule has 10 nitrogen and oxygen atoms in total. The second-order valence-corrected chi connectivity index (χ2v) is 10.1. The lowest BCUT2D eigenvalue weighted by atomic mass is 9.96. The summed E-state index contributed by atoms with van der Waals surface area (Å²) in [4.78, 5) is 34.5. The van der Waals surface area contributed by atoms with Gasteiger partial charge in [0.15, 0.2) is 6.20 Å². The van der Waals surface area contributed by atoms with E-state index < -0.39 is 11.6 Å². The van der Waals surface area contributed by atoms with Crippen molar-refractivity contribution < 1.29 is 23.4 Å². The van der Waals surface area contributed by atoms with Gasteiger partial charge in [0, 0.05) is 31.8 Å². The number of nitrogens with one attached hydrogen (secondary N) is 2. The van der Waals surface area contributed by atoms with Crippen LogP contribution < -0.4 is 20.1 Å². The minimum atomic E-state index is -0.548. The molecule has 1 aliphatic heterocycles. The van der Waals surface area contributed by atoms with Crippen LogP contribution in [-0.2, 0) is 11.3 Å². The topological polar surface area (TPSA) is 114 Å². The van der Waals surface area contributed by atoms with Crippen LogP contribution in [0.15, 0.2) is 60.9 Å². The third kappa shape index (κ3) is 6.68. The van der Waals surface area contributed by atoms with Gasteiger partial charge in [0.2, 0.25) is 11.6 Å². The molecule has 206 valence electrons. The summed E-state index contributed by atoms with van der Waals surface area (Å²) in [5.41, 5.74) is 0.375. The van der Waals surface area contributed by atoms with Crippen molar-refractivity contribution in [2.24, 2.45) is 0 Å². The Labute approximate surface area is 227 Å². The largest absolute Gasteiger partial charge is 0.618 e. The number of carbonyl (C=O) groups is 2. The van der Waals surface area contributed by atoms with Gasteiger partial charge >= 0.3 is 0 Å². The smallest absolute Gasteiger partial charge is 0.254 e. The Hall–Kier alpha value is -4.09. The summed E-state index contributed by atoms with van der Waals surface area (Å²) in [6, 6.07) is 11.7. The number of amides is 2. The highest BCUT2D eigenvalue weighted by Gasteiger charge is 2.40. The van der Waals surface area contributed by atoms with Crippen molar-refractivity contribution in [2.45, 2.75) is 38.9 Å². The van der Waals surface area contributed by atoms with E-state index in [2.05, 4.69) is 15.6 Å². The number of pyridine rings is 2. The van der Waals surface area contributed by atoms with E-state index in [1.54, 1.807) is 30.1 Å². The molecule has 3 heterocycles. The van der Waals surface area contributed by atoms with Gasteiger partial charge in [-0.1, -0.05) is 0 Å². The molecule has 3 aromatic rings. The van der Waals surface area contributed by atoms with E-state index in [0.717, 1.165) is 4.73 Å². The van der Waals surface area contributed by atoms with Gasteiger partial charge in [0.05, 0.1) is 29.9 Å². The van der Waals surface area contributed by atoms with Gasteiger partial charge in [-0.15, -0.1) is 0 Å². The van der Waals surface area contributed by atoms with E-state index in [-0.39, 0.29) is 17.6 Å². The van der Waals surface area contributed by atoms with Crippen LogP contribution in [0, 0.1) is 11.0 Å². The monoisotopic (exact) mass is 536 g/mol. The molecule has 0 aliphatic carbocycles. The minimum Gasteiger partial charge on any atom is -0.618 e. The summed E-state index contributed by atoms with van der Waals surface area (Å²) in [6.45, 7) is 7.55. The molecule has 0 unspecified atom stereocenters. The molecule has 1 aliphatic rings. The van der Waals surface area contributed by atoms with Gasteiger partial charge in [-0.25, -0.2) is 9.37 Å². The Morgan fingerprint density at radius 2 is 1.87 bits per heavy atom. The summed E-state index contributed by atoms with van der Waals surface area (Å²) in [5.74, 6) is 0.591. The Balaban J connectivity index is 1.35. The molecule has 4 rings (SSSR count). The van der Waals surface area contributed by atoms with Crippen LogP contribution >= 0.6 is 0 Å². The zero-order valence-corrected chi connectivity index (χ0v) is 22.5. The van der Waals surface area contributed by atoms with Crippen molar-refractivity contribution in [3.8, 4) is 11.5 Å². The standard InChI is InChI=1S/C28H33FN6O4/c1-19(26(36)32-25-10-9-24(17-31-25)39-23-7-5-21(29)6-8-23)33-13-14-34(28(2,3)18-33)27(37)20-11-12-35(38)22(15-20)16-30-4/h5-12,15,17,19,30H,13-14,16,18H2,1-4H3,(H,31,32,36)/t19-/m1/s1. The van der Waals surface area contributed by atoms with Gasteiger partial charge < -0.3 is 25.5 Å². The highest BCUT2D eigenvalue weighted by Crippen LogP contribution is 2.26. The first-order chi connectivity index (χ1) is 18.6. The first kappa shape index (κ1) is 27.9. The van der Waals surface area contributed by atoms with Crippen LogP contribution in [0.3, 0.4) is 0 Å². The number of halogens is 1. The molecule has 1 saturated heterocycles. The SMILES string of the molecule is CNCc1cc(C(=O)N2CCN([C@H](C)C(=O)Nc3ccc(Oc4ccc(F)cc4)cn3)CC2(C)C)cc[n+]1[O-]. The maximum Gasteiger partial charge on any atom is 0.254 e. The number of aromatic nitrogens is 2. The Morgan fingerprint density at radius 3 is 2.51 bits per heavy atom. The van der Waals surface area contributed by atoms with Crippen molar-refractivity contribution in [3.05, 3.63) is 83.2 Å². The summed E-state index contributed by atoms with van der Waals surface area (Å²) < 4.78 is 19.5. The third-order valence-corrected chi connectivity index (χ3v) is 6.74. The highest BCUT2D eigenvalue weighted by atomic mass is 19.1. The Morgan fingerprint density at radius 1 is 1.15 bits per heavy atom. The van der Waals surface area contributed by atoms with E-state index in [0.29, 0.717) is 54.8 Å². The number of piperazine rings is 1. The number of ether oxygens (including phenoxy) is 1. The molecule has 0 spiro atoms. The lowest BCUT2D eigenvalue weighted by molar-refractivity contribution is -0.614. The van der Waals surface area contributed by atoms with Crippen LogP contribution in [-0.4, -0.2) is 64.9 Å². The van der Waals surface area contributed by atoms with E-state index in [1.807, 2.05) is 25.7 Å². The summed E-state index contributed by atoms with van der Waals surface area (Å²) >= 11 is 0. The van der Waals surface area contributed by atoms with Crippen LogP contribution in [0.4, 0.5) is 10.2 Å². The minimum absolute atomic E-state index is 0.151. The van der Waals surface area contributed by atoms with Crippen molar-refractivity contribution in [2.75, 3.05) is 32.0 Å². The molecular weight excluding hydrogens is 503 g/mol. The number of anilines is 1. The number of nitrogens with zero attached hydrogens (tertiary/aromatic N) is 4. The average Bonchev–Trinajstić information content (AvgIpc) is 2.91. The normalized spacial score (nSPS) is 16.0. The van der Waals surface area contributed by atoms with Gasteiger partial charge in [-0.2, -0.15) is 4.73 Å². The number of hydrogen-bond acceptors (Lipinski definition) is 7. The van der Waals surface area contributed by atoms with E-state index in [1.165, 1.54) is 42.7 Å². The van der Waals surface area contributed by atoms with Gasteiger partial charge in [-0.3, -0.25) is 14.5 Å². The number of hydrogen-bond donors (Lipinski definition) is 2. The molecule has 2 N–H and O–H groups in total. The van der Waals surface area contributed by atoms with Gasteiger partial charge in [0.1, 0.15) is 23.1 Å². The zero-order chi connectivity index (χ0) is 28.2. The second-order valence-electron chi connectivity index (χ2n) is 10.1. The van der Waals surface area contributed by atoms with Crippen molar-refractivity contribution >= 4 is 17.6 Å².